The average Bonchev–Trinajstić information content (AvgIpc) is 1.89. The standard InChI is InChI=1S/C4H6N4S/c1-9-3-2-6-8-7-4(3)5/h2H,1H3,(H2,5,6,7). The van der Waals surface area contributed by atoms with E-state index in [4.69, 9.17) is 5.73 Å². The zero-order chi connectivity index (χ0) is 6.69. The van der Waals surface area contributed by atoms with Gasteiger partial charge in [0.2, 0.25) is 0 Å². The van der Waals surface area contributed by atoms with Crippen LogP contribution in [0.15, 0.2) is 11.1 Å². The minimum Gasteiger partial charge on any atom is -0.381 e. The Hall–Kier alpha value is -0.840. The van der Waals surface area contributed by atoms with Gasteiger partial charge in [-0.25, -0.2) is 0 Å². The van der Waals surface area contributed by atoms with Crippen molar-refractivity contribution < 1.29 is 0 Å². The van der Waals surface area contributed by atoms with Crippen molar-refractivity contribution in [3.63, 3.8) is 0 Å². The number of anilines is 1. The van der Waals surface area contributed by atoms with Gasteiger partial charge >= 0.3 is 0 Å². The van der Waals surface area contributed by atoms with E-state index in [1.165, 1.54) is 11.8 Å². The molecule has 0 aromatic carbocycles. The van der Waals surface area contributed by atoms with E-state index in [0.29, 0.717) is 5.82 Å². The third-order valence-corrected chi connectivity index (χ3v) is 1.61. The summed E-state index contributed by atoms with van der Waals surface area (Å²) < 4.78 is 0. The molecule has 1 heterocycles. The van der Waals surface area contributed by atoms with Crippen LogP contribution in [0.5, 0.6) is 0 Å². The Morgan fingerprint density at radius 2 is 2.44 bits per heavy atom. The Kier molecular flexibility index (Phi) is 1.84. The van der Waals surface area contributed by atoms with Crippen molar-refractivity contribution in [3.05, 3.63) is 6.20 Å². The number of hydrogen-bond donors (Lipinski definition) is 1. The molecule has 0 aliphatic heterocycles. The molecule has 0 saturated carbocycles. The fraction of sp³-hybridized carbons (Fsp3) is 0.250. The number of thioether (sulfide) groups is 1. The highest BCUT2D eigenvalue weighted by Gasteiger charge is 1.95. The largest absolute Gasteiger partial charge is 0.381 e. The maximum Gasteiger partial charge on any atom is 0.163 e. The molecule has 2 N–H and O–H groups in total. The molecule has 0 unspecified atom stereocenters. The molecule has 9 heavy (non-hydrogen) atoms. The zero-order valence-electron chi connectivity index (χ0n) is 4.90. The molecule has 0 aliphatic rings. The zero-order valence-corrected chi connectivity index (χ0v) is 5.72. The number of nitrogen functional groups attached to an aromatic ring is 1. The second-order valence-electron chi connectivity index (χ2n) is 1.39. The summed E-state index contributed by atoms with van der Waals surface area (Å²) in [5.74, 6) is 0.442. The van der Waals surface area contributed by atoms with Crippen LogP contribution >= 0.6 is 11.8 Å². The van der Waals surface area contributed by atoms with Gasteiger partial charge in [-0.2, -0.15) is 0 Å². The number of aromatic nitrogens is 3. The highest BCUT2D eigenvalue weighted by molar-refractivity contribution is 7.98. The van der Waals surface area contributed by atoms with E-state index in [9.17, 15) is 0 Å². The maximum absolute atomic E-state index is 5.40. The Morgan fingerprint density at radius 3 is 2.89 bits per heavy atom. The predicted molar refractivity (Wildman–Crippen MR) is 36.0 cm³/mol. The molecule has 0 fully saturated rings. The number of nitrogens with zero attached hydrogens (tertiary/aromatic N) is 3. The van der Waals surface area contributed by atoms with E-state index >= 15 is 0 Å². The number of rotatable bonds is 1. The molecule has 1 aromatic rings. The summed E-state index contributed by atoms with van der Waals surface area (Å²) in [6.45, 7) is 0. The summed E-state index contributed by atoms with van der Waals surface area (Å²) in [6.07, 6.45) is 3.50. The third kappa shape index (κ3) is 1.29. The maximum atomic E-state index is 5.40. The minimum absolute atomic E-state index is 0.442. The van der Waals surface area contributed by atoms with E-state index in [2.05, 4.69) is 15.4 Å². The first-order chi connectivity index (χ1) is 4.34. The first kappa shape index (κ1) is 6.28. The SMILES string of the molecule is CSc1cnnnc1N. The lowest BCUT2D eigenvalue weighted by atomic mass is 10.6. The molecule has 48 valence electrons. The van der Waals surface area contributed by atoms with Crippen LogP contribution in [0.25, 0.3) is 0 Å². The first-order valence-electron chi connectivity index (χ1n) is 2.32. The van der Waals surface area contributed by atoms with Gasteiger partial charge in [0.05, 0.1) is 11.1 Å². The van der Waals surface area contributed by atoms with Crippen molar-refractivity contribution in [2.45, 2.75) is 4.90 Å². The molecule has 0 radical (unpaired) electrons. The van der Waals surface area contributed by atoms with Crippen LogP contribution in [0.1, 0.15) is 0 Å². The third-order valence-electron chi connectivity index (χ3n) is 0.851. The van der Waals surface area contributed by atoms with Crippen molar-refractivity contribution in [2.75, 3.05) is 12.0 Å². The minimum atomic E-state index is 0.442. The molecule has 0 amide bonds. The van der Waals surface area contributed by atoms with Crippen molar-refractivity contribution in [2.24, 2.45) is 0 Å². The van der Waals surface area contributed by atoms with Gasteiger partial charge in [-0.15, -0.1) is 22.0 Å². The summed E-state index contributed by atoms with van der Waals surface area (Å²) in [6, 6.07) is 0. The molecular formula is C4H6N4S. The Labute approximate surface area is 56.9 Å². The second-order valence-corrected chi connectivity index (χ2v) is 2.24. The smallest absolute Gasteiger partial charge is 0.163 e. The summed E-state index contributed by atoms with van der Waals surface area (Å²) in [7, 11) is 0. The number of nitrogens with two attached hydrogens (primary N) is 1. The summed E-state index contributed by atoms with van der Waals surface area (Å²) >= 11 is 1.51. The molecular weight excluding hydrogens is 136 g/mol. The molecule has 1 rings (SSSR count). The lowest BCUT2D eigenvalue weighted by molar-refractivity contribution is 0.849. The second kappa shape index (κ2) is 2.63. The number of hydrogen-bond acceptors (Lipinski definition) is 5. The molecule has 0 spiro atoms. The van der Waals surface area contributed by atoms with Gasteiger partial charge < -0.3 is 5.73 Å². The Balaban J connectivity index is 3.01. The van der Waals surface area contributed by atoms with E-state index < -0.39 is 0 Å². The van der Waals surface area contributed by atoms with Gasteiger partial charge in [0.15, 0.2) is 5.82 Å². The van der Waals surface area contributed by atoms with Gasteiger partial charge in [-0.1, -0.05) is 0 Å². The van der Waals surface area contributed by atoms with Crippen LogP contribution in [-0.2, 0) is 0 Å². The predicted octanol–water partition coefficient (Wildman–Crippen LogP) is 0.176. The van der Waals surface area contributed by atoms with Crippen molar-refractivity contribution in [1.29, 1.82) is 0 Å². The van der Waals surface area contributed by atoms with Gasteiger partial charge in [0, 0.05) is 0 Å². The van der Waals surface area contributed by atoms with Crippen LogP contribution < -0.4 is 5.73 Å². The molecule has 4 nitrogen and oxygen atoms in total. The normalized spacial score (nSPS) is 9.44. The van der Waals surface area contributed by atoms with Crippen LogP contribution in [0.3, 0.4) is 0 Å². The quantitative estimate of drug-likeness (QED) is 0.566. The topological polar surface area (TPSA) is 64.7 Å². The Bertz CT molecular complexity index is 202. The highest BCUT2D eigenvalue weighted by atomic mass is 32.2. The fourth-order valence-electron chi connectivity index (χ4n) is 0.425. The Morgan fingerprint density at radius 1 is 1.67 bits per heavy atom. The van der Waals surface area contributed by atoms with Gasteiger partial charge in [0.1, 0.15) is 0 Å². The fourth-order valence-corrected chi connectivity index (χ4v) is 0.827. The van der Waals surface area contributed by atoms with Crippen molar-refractivity contribution >= 4 is 17.6 Å². The van der Waals surface area contributed by atoms with E-state index in [-0.39, 0.29) is 0 Å². The monoisotopic (exact) mass is 142 g/mol. The average molecular weight is 142 g/mol. The molecule has 0 saturated heterocycles. The van der Waals surface area contributed by atoms with E-state index in [1.54, 1.807) is 6.20 Å². The van der Waals surface area contributed by atoms with E-state index in [1.807, 2.05) is 6.26 Å². The summed E-state index contributed by atoms with van der Waals surface area (Å²) in [5.41, 5.74) is 5.40. The highest BCUT2D eigenvalue weighted by Crippen LogP contribution is 2.16. The van der Waals surface area contributed by atoms with Crippen LogP contribution in [0.2, 0.25) is 0 Å². The van der Waals surface area contributed by atoms with Crippen LogP contribution in [0, 0.1) is 0 Å². The van der Waals surface area contributed by atoms with Gasteiger partial charge in [-0.3, -0.25) is 0 Å². The molecule has 0 aliphatic carbocycles. The summed E-state index contributed by atoms with van der Waals surface area (Å²) in [5, 5.41) is 10.5. The first-order valence-corrected chi connectivity index (χ1v) is 3.55. The van der Waals surface area contributed by atoms with E-state index in [0.717, 1.165) is 4.90 Å². The van der Waals surface area contributed by atoms with Gasteiger partial charge in [0.25, 0.3) is 0 Å². The molecule has 0 bridgehead atoms. The molecule has 5 heteroatoms. The lowest BCUT2D eigenvalue weighted by Crippen LogP contribution is -1.96. The van der Waals surface area contributed by atoms with Crippen molar-refractivity contribution in [1.82, 2.24) is 15.4 Å². The van der Waals surface area contributed by atoms with Crippen molar-refractivity contribution in [3.8, 4) is 0 Å². The molecule has 1 aromatic heterocycles. The molecule has 0 atom stereocenters. The van der Waals surface area contributed by atoms with Crippen LogP contribution in [0.4, 0.5) is 5.82 Å². The summed E-state index contributed by atoms with van der Waals surface area (Å²) in [4.78, 5) is 0.866. The van der Waals surface area contributed by atoms with Crippen LogP contribution in [-0.4, -0.2) is 21.7 Å². The van der Waals surface area contributed by atoms with Gasteiger partial charge in [-0.05, 0) is 11.5 Å². The lowest BCUT2D eigenvalue weighted by Gasteiger charge is -1.94.